The van der Waals surface area contributed by atoms with E-state index in [-0.39, 0.29) is 0 Å². The number of aliphatic imine (C=N–C) groups is 1. The van der Waals surface area contributed by atoms with Crippen LogP contribution in [0.25, 0.3) is 0 Å². The molecule has 0 aromatic heterocycles. The number of hydrogen-bond acceptors (Lipinski definition) is 2. The first-order valence-corrected chi connectivity index (χ1v) is 7.84. The highest BCUT2D eigenvalue weighted by atomic mass is 15.3. The molecule has 0 heterocycles. The number of hydrogen-bond donors (Lipinski definition) is 0. The van der Waals surface area contributed by atoms with Gasteiger partial charge in [-0.1, -0.05) is 34.3 Å². The van der Waals surface area contributed by atoms with Crippen molar-refractivity contribution < 1.29 is 0 Å². The van der Waals surface area contributed by atoms with Gasteiger partial charge in [-0.25, -0.2) is 4.99 Å². The van der Waals surface area contributed by atoms with Gasteiger partial charge in [-0.3, -0.25) is 0 Å². The fraction of sp³-hybridized carbons (Fsp3) is 0.812. The maximum atomic E-state index is 4.73. The predicted octanol–water partition coefficient (Wildman–Crippen LogP) is 4.12. The molecule has 0 aromatic carbocycles. The van der Waals surface area contributed by atoms with E-state index in [0.717, 1.165) is 63.5 Å². The third kappa shape index (κ3) is 7.24. The van der Waals surface area contributed by atoms with Gasteiger partial charge in [0.1, 0.15) is 11.7 Å². The largest absolute Gasteiger partial charge is 0.360 e. The molecular weight excluding hydrogens is 234 g/mol. The second-order valence-electron chi connectivity index (χ2n) is 5.05. The average Bonchev–Trinajstić information content (AvgIpc) is 2.38. The Hall–Kier alpha value is -0.990. The first-order valence-electron chi connectivity index (χ1n) is 7.84. The lowest BCUT2D eigenvalue weighted by molar-refractivity contribution is 0.339. The molecule has 112 valence electrons. The minimum Gasteiger partial charge on any atom is -0.360 e. The van der Waals surface area contributed by atoms with Crippen LogP contribution in [0.2, 0.25) is 0 Å². The van der Waals surface area contributed by atoms with Crippen LogP contribution in [0.5, 0.6) is 0 Å². The fourth-order valence-electron chi connectivity index (χ4n) is 2.21. The molecule has 0 rings (SSSR count). The van der Waals surface area contributed by atoms with Crippen molar-refractivity contribution in [3.8, 4) is 0 Å². The Kier molecular flexibility index (Phi) is 10.3. The highest BCUT2D eigenvalue weighted by Crippen LogP contribution is 2.08. The molecule has 0 atom stereocenters. The Morgan fingerprint density at radius 1 is 0.789 bits per heavy atom. The van der Waals surface area contributed by atoms with Gasteiger partial charge in [0.2, 0.25) is 0 Å². The second-order valence-corrected chi connectivity index (χ2v) is 5.05. The Balaban J connectivity index is 4.70. The van der Waals surface area contributed by atoms with Gasteiger partial charge in [-0.2, -0.15) is 0 Å². The summed E-state index contributed by atoms with van der Waals surface area (Å²) in [6.45, 7) is 19.3. The summed E-state index contributed by atoms with van der Waals surface area (Å²) in [5.41, 5.74) is 0. The molecule has 3 nitrogen and oxygen atoms in total. The Morgan fingerprint density at radius 3 is 1.53 bits per heavy atom. The van der Waals surface area contributed by atoms with Crippen molar-refractivity contribution in [3.63, 3.8) is 0 Å². The van der Waals surface area contributed by atoms with E-state index in [9.17, 15) is 0 Å². The average molecular weight is 267 g/mol. The monoisotopic (exact) mass is 267 g/mol. The molecule has 0 spiro atoms. The molecular formula is C16H33N3. The van der Waals surface area contributed by atoms with E-state index in [1.807, 2.05) is 0 Å². The molecule has 0 radical (unpaired) electrons. The SMILES string of the molecule is C=C(N=C(C)N(CCC)CCC)N(CCC)CCC. The highest BCUT2D eigenvalue weighted by molar-refractivity contribution is 5.80. The standard InChI is InChI=1S/C16H33N3/c1-7-11-18(12-8-2)15(5)17-16(6)19(13-9-3)14-10-4/h5,7-14H2,1-4,6H3. The third-order valence-electron chi connectivity index (χ3n) is 3.09. The number of rotatable bonds is 10. The Labute approximate surface area is 120 Å². The van der Waals surface area contributed by atoms with Crippen LogP contribution >= 0.6 is 0 Å². The zero-order chi connectivity index (χ0) is 14.7. The molecule has 0 aliphatic carbocycles. The van der Waals surface area contributed by atoms with E-state index in [0.29, 0.717) is 0 Å². The van der Waals surface area contributed by atoms with Gasteiger partial charge in [0.15, 0.2) is 0 Å². The Bertz CT molecular complexity index is 259. The van der Waals surface area contributed by atoms with E-state index in [1.54, 1.807) is 0 Å². The zero-order valence-electron chi connectivity index (χ0n) is 13.7. The lowest BCUT2D eigenvalue weighted by Gasteiger charge is -2.27. The molecule has 0 fully saturated rings. The summed E-state index contributed by atoms with van der Waals surface area (Å²) in [7, 11) is 0. The van der Waals surface area contributed by atoms with Crippen molar-refractivity contribution in [2.75, 3.05) is 26.2 Å². The molecule has 0 saturated heterocycles. The van der Waals surface area contributed by atoms with Gasteiger partial charge in [0, 0.05) is 26.2 Å². The van der Waals surface area contributed by atoms with Gasteiger partial charge >= 0.3 is 0 Å². The molecule has 0 aromatic rings. The van der Waals surface area contributed by atoms with Crippen molar-refractivity contribution in [1.82, 2.24) is 9.80 Å². The maximum Gasteiger partial charge on any atom is 0.123 e. The van der Waals surface area contributed by atoms with Crippen molar-refractivity contribution in [2.45, 2.75) is 60.3 Å². The summed E-state index contributed by atoms with van der Waals surface area (Å²) in [4.78, 5) is 9.38. The van der Waals surface area contributed by atoms with Gasteiger partial charge in [-0.05, 0) is 32.6 Å². The normalized spacial score (nSPS) is 11.5. The lowest BCUT2D eigenvalue weighted by Crippen LogP contribution is -2.32. The van der Waals surface area contributed by atoms with Crippen LogP contribution in [-0.4, -0.2) is 41.8 Å². The highest BCUT2D eigenvalue weighted by Gasteiger charge is 2.08. The fourth-order valence-corrected chi connectivity index (χ4v) is 2.21. The Morgan fingerprint density at radius 2 is 1.16 bits per heavy atom. The summed E-state index contributed by atoms with van der Waals surface area (Å²) >= 11 is 0. The van der Waals surface area contributed by atoms with E-state index in [2.05, 4.69) is 51.0 Å². The molecule has 0 N–H and O–H groups in total. The summed E-state index contributed by atoms with van der Waals surface area (Å²) in [6.07, 6.45) is 4.60. The van der Waals surface area contributed by atoms with Gasteiger partial charge in [0.05, 0.1) is 0 Å². The molecule has 19 heavy (non-hydrogen) atoms. The van der Waals surface area contributed by atoms with Gasteiger partial charge < -0.3 is 9.80 Å². The summed E-state index contributed by atoms with van der Waals surface area (Å²) in [6, 6.07) is 0. The van der Waals surface area contributed by atoms with Crippen LogP contribution in [0.1, 0.15) is 60.3 Å². The molecule has 3 heteroatoms. The predicted molar refractivity (Wildman–Crippen MR) is 86.6 cm³/mol. The lowest BCUT2D eigenvalue weighted by atomic mass is 10.3. The van der Waals surface area contributed by atoms with E-state index < -0.39 is 0 Å². The zero-order valence-corrected chi connectivity index (χ0v) is 13.7. The van der Waals surface area contributed by atoms with Crippen molar-refractivity contribution in [3.05, 3.63) is 12.4 Å². The third-order valence-corrected chi connectivity index (χ3v) is 3.09. The molecule has 0 saturated carbocycles. The van der Waals surface area contributed by atoms with Crippen LogP contribution in [0, 0.1) is 0 Å². The quantitative estimate of drug-likeness (QED) is 0.438. The van der Waals surface area contributed by atoms with Gasteiger partial charge in [-0.15, -0.1) is 0 Å². The summed E-state index contributed by atoms with van der Waals surface area (Å²) < 4.78 is 0. The molecule has 0 unspecified atom stereocenters. The van der Waals surface area contributed by atoms with E-state index in [1.165, 1.54) is 0 Å². The van der Waals surface area contributed by atoms with E-state index in [4.69, 9.17) is 4.99 Å². The minimum atomic E-state index is 0.915. The molecule has 0 bridgehead atoms. The minimum absolute atomic E-state index is 0.915. The summed E-state index contributed by atoms with van der Waals surface area (Å²) in [5, 5.41) is 0. The smallest absolute Gasteiger partial charge is 0.123 e. The maximum absolute atomic E-state index is 4.73. The molecule has 0 aliphatic heterocycles. The first kappa shape index (κ1) is 18.0. The van der Waals surface area contributed by atoms with Crippen molar-refractivity contribution >= 4 is 5.84 Å². The van der Waals surface area contributed by atoms with Gasteiger partial charge in [0.25, 0.3) is 0 Å². The molecule has 0 amide bonds. The van der Waals surface area contributed by atoms with Crippen LogP contribution in [0.4, 0.5) is 0 Å². The van der Waals surface area contributed by atoms with E-state index >= 15 is 0 Å². The second kappa shape index (κ2) is 10.9. The number of nitrogens with zero attached hydrogens (tertiary/aromatic N) is 3. The van der Waals surface area contributed by atoms with Crippen LogP contribution < -0.4 is 0 Å². The van der Waals surface area contributed by atoms with Crippen molar-refractivity contribution in [1.29, 1.82) is 0 Å². The summed E-state index contributed by atoms with van der Waals surface area (Å²) in [5.74, 6) is 2.02. The number of amidine groups is 1. The first-order chi connectivity index (χ1) is 9.10. The van der Waals surface area contributed by atoms with Crippen LogP contribution in [0.3, 0.4) is 0 Å². The molecule has 0 aliphatic rings. The van der Waals surface area contributed by atoms with Crippen LogP contribution in [0.15, 0.2) is 17.4 Å². The van der Waals surface area contributed by atoms with Crippen molar-refractivity contribution in [2.24, 2.45) is 4.99 Å². The topological polar surface area (TPSA) is 18.8 Å². The van der Waals surface area contributed by atoms with Crippen LogP contribution in [-0.2, 0) is 0 Å².